The summed E-state index contributed by atoms with van der Waals surface area (Å²) in [5.41, 5.74) is 0. The summed E-state index contributed by atoms with van der Waals surface area (Å²) >= 11 is 12.3. The normalized spacial score (nSPS) is 12.7. The lowest BCUT2D eigenvalue weighted by atomic mass is 10.1. The average molecular weight is 261 g/mol. The fourth-order valence-electron chi connectivity index (χ4n) is 1.40. The highest BCUT2D eigenvalue weighted by molar-refractivity contribution is 7.99. The molecule has 0 saturated carbocycles. The lowest BCUT2D eigenvalue weighted by Gasteiger charge is -2.12. The zero-order chi connectivity index (χ0) is 11.1. The third-order valence-electron chi connectivity index (χ3n) is 2.27. The van der Waals surface area contributed by atoms with Crippen molar-refractivity contribution in [1.29, 1.82) is 0 Å². The van der Waals surface area contributed by atoms with Crippen molar-refractivity contribution in [2.75, 3.05) is 11.5 Å². The maximum absolute atomic E-state index is 6.09. The summed E-state index contributed by atoms with van der Waals surface area (Å²) in [6.45, 7) is 2.22. The number of benzene rings is 1. The summed E-state index contributed by atoms with van der Waals surface area (Å²) in [5, 5.41) is 0.858. The Hall–Kier alpha value is 0.210. The molecule has 0 aliphatic rings. The molecule has 0 spiro atoms. The molecule has 3 heteroatoms. The highest BCUT2D eigenvalue weighted by Gasteiger charge is 2.07. The minimum atomic E-state index is 0.694. The Bertz CT molecular complexity index is 289. The smallest absolute Gasteiger partial charge is 0.0541 e. The van der Waals surface area contributed by atoms with Crippen molar-refractivity contribution >= 4 is 36.0 Å². The molecule has 0 fully saturated rings. The molecule has 0 saturated heterocycles. The Labute approximate surface area is 107 Å². The van der Waals surface area contributed by atoms with Gasteiger partial charge in [-0.1, -0.05) is 37.1 Å². The average Bonchev–Trinajstić information content (AvgIpc) is 2.26. The van der Waals surface area contributed by atoms with E-state index in [1.54, 1.807) is 0 Å². The Morgan fingerprint density at radius 1 is 1.40 bits per heavy atom. The molecule has 0 nitrogen and oxygen atoms in total. The van der Waals surface area contributed by atoms with E-state index in [2.05, 4.69) is 25.6 Å². The lowest BCUT2D eigenvalue weighted by Crippen LogP contribution is -2.04. The first-order chi connectivity index (χ1) is 7.27. The van der Waals surface area contributed by atoms with E-state index in [9.17, 15) is 0 Å². The van der Waals surface area contributed by atoms with E-state index in [1.165, 1.54) is 17.7 Å². The van der Waals surface area contributed by atoms with Gasteiger partial charge in [0.25, 0.3) is 0 Å². The van der Waals surface area contributed by atoms with Gasteiger partial charge in [0.15, 0.2) is 0 Å². The second-order valence-electron chi connectivity index (χ2n) is 3.58. The third kappa shape index (κ3) is 4.71. The Kier molecular flexibility index (Phi) is 6.62. The molecular weight excluding hydrogens is 244 g/mol. The second kappa shape index (κ2) is 7.48. The van der Waals surface area contributed by atoms with Crippen LogP contribution < -0.4 is 0 Å². The summed E-state index contributed by atoms with van der Waals surface area (Å²) in [6, 6.07) is 8.02. The van der Waals surface area contributed by atoms with Crippen molar-refractivity contribution in [3.8, 4) is 0 Å². The van der Waals surface area contributed by atoms with E-state index in [1.807, 2.05) is 30.0 Å². The van der Waals surface area contributed by atoms with Gasteiger partial charge in [-0.15, -0.1) is 11.8 Å². The van der Waals surface area contributed by atoms with Gasteiger partial charge in [0.05, 0.1) is 5.02 Å². The Morgan fingerprint density at radius 2 is 2.13 bits per heavy atom. The van der Waals surface area contributed by atoms with E-state index in [0.717, 1.165) is 16.5 Å². The topological polar surface area (TPSA) is 0 Å². The molecule has 1 aromatic carbocycles. The molecule has 0 N–H and O–H groups in total. The fraction of sp³-hybridized carbons (Fsp3) is 0.500. The monoisotopic (exact) mass is 260 g/mol. The van der Waals surface area contributed by atoms with Gasteiger partial charge < -0.3 is 0 Å². The largest absolute Gasteiger partial charge is 0.179 e. The van der Waals surface area contributed by atoms with Gasteiger partial charge in [-0.3, -0.25) is 0 Å². The maximum Gasteiger partial charge on any atom is 0.0541 e. The molecule has 0 heterocycles. The van der Waals surface area contributed by atoms with Crippen molar-refractivity contribution in [2.45, 2.75) is 24.7 Å². The van der Waals surface area contributed by atoms with Crippen LogP contribution in [0.5, 0.6) is 0 Å². The summed E-state index contributed by atoms with van der Waals surface area (Å²) in [6.07, 6.45) is 2.48. The second-order valence-corrected chi connectivity index (χ2v) is 5.41. The first kappa shape index (κ1) is 13.3. The van der Waals surface area contributed by atoms with Crippen LogP contribution in [0, 0.1) is 5.92 Å². The van der Waals surface area contributed by atoms with E-state index in [-0.39, 0.29) is 0 Å². The molecule has 84 valence electrons. The number of thiol groups is 1. The molecule has 1 unspecified atom stereocenters. The molecule has 0 aliphatic carbocycles. The third-order valence-corrected chi connectivity index (χ3v) is 4.53. The van der Waals surface area contributed by atoms with Crippen LogP contribution in [0.3, 0.4) is 0 Å². The molecule has 1 rings (SSSR count). The maximum atomic E-state index is 6.09. The van der Waals surface area contributed by atoms with Crippen LogP contribution in [0.25, 0.3) is 0 Å². The first-order valence-corrected chi connectivity index (χ1v) is 7.25. The van der Waals surface area contributed by atoms with Crippen molar-refractivity contribution < 1.29 is 0 Å². The molecule has 0 aromatic heterocycles. The van der Waals surface area contributed by atoms with Crippen LogP contribution in [0.2, 0.25) is 5.02 Å². The van der Waals surface area contributed by atoms with Crippen molar-refractivity contribution in [2.24, 2.45) is 5.92 Å². The number of thioether (sulfide) groups is 1. The van der Waals surface area contributed by atoms with Gasteiger partial charge in [0.2, 0.25) is 0 Å². The van der Waals surface area contributed by atoms with Crippen LogP contribution in [-0.2, 0) is 0 Å². The van der Waals surface area contributed by atoms with Crippen molar-refractivity contribution in [3.05, 3.63) is 29.3 Å². The molecule has 0 bridgehead atoms. The van der Waals surface area contributed by atoms with E-state index >= 15 is 0 Å². The van der Waals surface area contributed by atoms with Crippen LogP contribution in [0.4, 0.5) is 0 Å². The number of hydrogen-bond acceptors (Lipinski definition) is 2. The number of halogens is 1. The van der Waals surface area contributed by atoms with Gasteiger partial charge in [0, 0.05) is 10.6 Å². The van der Waals surface area contributed by atoms with Gasteiger partial charge >= 0.3 is 0 Å². The van der Waals surface area contributed by atoms with Gasteiger partial charge in [-0.2, -0.15) is 12.6 Å². The molecule has 15 heavy (non-hydrogen) atoms. The first-order valence-electron chi connectivity index (χ1n) is 5.26. The lowest BCUT2D eigenvalue weighted by molar-refractivity contribution is 0.595. The summed E-state index contributed by atoms with van der Waals surface area (Å²) in [7, 11) is 0. The minimum Gasteiger partial charge on any atom is -0.179 e. The predicted molar refractivity (Wildman–Crippen MR) is 74.4 cm³/mol. The zero-order valence-corrected chi connectivity index (χ0v) is 11.4. The predicted octanol–water partition coefficient (Wildman–Crippen LogP) is 4.78. The molecular formula is C12H17ClS2. The molecule has 0 amide bonds. The van der Waals surface area contributed by atoms with Crippen molar-refractivity contribution in [1.82, 2.24) is 0 Å². The van der Waals surface area contributed by atoms with E-state index < -0.39 is 0 Å². The standard InChI is InChI=1S/C12H17ClS2/c1-2-5-10(8-14)9-15-12-7-4-3-6-11(12)13/h3-4,6-7,10,14H,2,5,8-9H2,1H3. The number of hydrogen-bond donors (Lipinski definition) is 1. The fourth-order valence-corrected chi connectivity index (χ4v) is 3.27. The van der Waals surface area contributed by atoms with Crippen LogP contribution in [-0.4, -0.2) is 11.5 Å². The highest BCUT2D eigenvalue weighted by atomic mass is 35.5. The summed E-state index contributed by atoms with van der Waals surface area (Å²) < 4.78 is 0. The number of rotatable bonds is 6. The molecule has 1 atom stereocenters. The van der Waals surface area contributed by atoms with Gasteiger partial charge in [-0.05, 0) is 30.2 Å². The summed E-state index contributed by atoms with van der Waals surface area (Å²) in [4.78, 5) is 1.18. The molecule has 0 radical (unpaired) electrons. The highest BCUT2D eigenvalue weighted by Crippen LogP contribution is 2.29. The van der Waals surface area contributed by atoms with Gasteiger partial charge in [-0.25, -0.2) is 0 Å². The molecule has 0 aliphatic heterocycles. The zero-order valence-electron chi connectivity index (χ0n) is 8.95. The Morgan fingerprint density at radius 3 is 2.73 bits per heavy atom. The van der Waals surface area contributed by atoms with Crippen LogP contribution in [0.15, 0.2) is 29.2 Å². The van der Waals surface area contributed by atoms with E-state index in [0.29, 0.717) is 5.92 Å². The quantitative estimate of drug-likeness (QED) is 0.567. The van der Waals surface area contributed by atoms with Gasteiger partial charge in [0.1, 0.15) is 0 Å². The Balaban J connectivity index is 2.45. The summed E-state index contributed by atoms with van der Waals surface area (Å²) in [5.74, 6) is 2.77. The molecule has 1 aromatic rings. The van der Waals surface area contributed by atoms with E-state index in [4.69, 9.17) is 11.6 Å². The van der Waals surface area contributed by atoms with Crippen LogP contribution in [0.1, 0.15) is 19.8 Å². The minimum absolute atomic E-state index is 0.694. The SMILES string of the molecule is CCCC(CS)CSc1ccccc1Cl. The van der Waals surface area contributed by atoms with Crippen LogP contribution >= 0.6 is 36.0 Å². The van der Waals surface area contributed by atoms with Crippen molar-refractivity contribution in [3.63, 3.8) is 0 Å².